The highest BCUT2D eigenvalue weighted by Crippen LogP contribution is 2.28. The van der Waals surface area contributed by atoms with Crippen LogP contribution in [0.5, 0.6) is 5.75 Å². The van der Waals surface area contributed by atoms with E-state index in [1.54, 1.807) is 6.07 Å². The van der Waals surface area contributed by atoms with Crippen molar-refractivity contribution in [3.63, 3.8) is 0 Å². The fraction of sp³-hybridized carbons (Fsp3) is 0.273. The van der Waals surface area contributed by atoms with Gasteiger partial charge in [0.2, 0.25) is 5.91 Å². The summed E-state index contributed by atoms with van der Waals surface area (Å²) in [6.07, 6.45) is -2.62. The Bertz CT molecular complexity index is 431. The summed E-state index contributed by atoms with van der Waals surface area (Å²) in [7, 11) is 0. The van der Waals surface area contributed by atoms with Crippen LogP contribution in [-0.4, -0.2) is 18.8 Å². The van der Waals surface area contributed by atoms with Gasteiger partial charge >= 0.3 is 6.36 Å². The Morgan fingerprint density at radius 1 is 1.29 bits per heavy atom. The molecule has 91 valence electrons. The molecule has 1 amide bonds. The third-order valence-electron chi connectivity index (χ3n) is 2.30. The zero-order valence-corrected chi connectivity index (χ0v) is 8.70. The lowest BCUT2D eigenvalue weighted by molar-refractivity contribution is -0.274. The average molecular weight is 244 g/mol. The van der Waals surface area contributed by atoms with Crippen molar-refractivity contribution in [2.75, 3.05) is 11.4 Å². The zero-order chi connectivity index (χ0) is 12.5. The topological polar surface area (TPSA) is 29.5 Å². The maximum atomic E-state index is 12.0. The van der Waals surface area contributed by atoms with Crippen molar-refractivity contribution >= 4 is 11.6 Å². The number of alkyl halides is 3. The molecule has 0 aliphatic carbocycles. The van der Waals surface area contributed by atoms with Crippen molar-refractivity contribution in [2.45, 2.75) is 12.8 Å². The maximum absolute atomic E-state index is 12.0. The van der Waals surface area contributed by atoms with E-state index >= 15 is 0 Å². The SMILES string of the molecule is O=C1[CH]CCN1c1cccc(OC(F)(F)F)c1. The van der Waals surface area contributed by atoms with Crippen LogP contribution in [0.4, 0.5) is 18.9 Å². The first-order valence-corrected chi connectivity index (χ1v) is 4.96. The fourth-order valence-electron chi connectivity index (χ4n) is 1.64. The van der Waals surface area contributed by atoms with E-state index in [-0.39, 0.29) is 11.7 Å². The number of nitrogens with zero attached hydrogens (tertiary/aromatic N) is 1. The Labute approximate surface area is 95.8 Å². The van der Waals surface area contributed by atoms with Gasteiger partial charge < -0.3 is 9.64 Å². The average Bonchev–Trinajstić information content (AvgIpc) is 2.62. The van der Waals surface area contributed by atoms with E-state index < -0.39 is 6.36 Å². The van der Waals surface area contributed by atoms with Crippen LogP contribution in [-0.2, 0) is 4.79 Å². The van der Waals surface area contributed by atoms with Crippen LogP contribution in [0.25, 0.3) is 0 Å². The molecule has 0 saturated carbocycles. The lowest BCUT2D eigenvalue weighted by Gasteiger charge is -2.17. The van der Waals surface area contributed by atoms with Crippen LogP contribution in [0, 0.1) is 6.42 Å². The van der Waals surface area contributed by atoms with Gasteiger partial charge in [0.25, 0.3) is 0 Å². The van der Waals surface area contributed by atoms with Gasteiger partial charge in [0, 0.05) is 18.3 Å². The van der Waals surface area contributed by atoms with E-state index in [0.29, 0.717) is 18.7 Å². The summed E-state index contributed by atoms with van der Waals surface area (Å²) in [5, 5.41) is 0. The van der Waals surface area contributed by atoms with E-state index in [1.165, 1.54) is 29.5 Å². The second-order valence-corrected chi connectivity index (χ2v) is 3.53. The number of amides is 1. The molecule has 1 aliphatic rings. The van der Waals surface area contributed by atoms with Gasteiger partial charge in [-0.25, -0.2) is 0 Å². The Kier molecular flexibility index (Phi) is 2.95. The third-order valence-corrected chi connectivity index (χ3v) is 2.30. The summed E-state index contributed by atoms with van der Waals surface area (Å²) in [6.45, 7) is 0.480. The maximum Gasteiger partial charge on any atom is 0.573 e. The molecular formula is C11H9F3NO2. The molecule has 1 radical (unpaired) electrons. The minimum absolute atomic E-state index is 0.200. The molecule has 0 atom stereocenters. The first-order valence-electron chi connectivity index (χ1n) is 4.96. The van der Waals surface area contributed by atoms with Crippen molar-refractivity contribution in [2.24, 2.45) is 0 Å². The van der Waals surface area contributed by atoms with Gasteiger partial charge in [-0.1, -0.05) is 6.07 Å². The lowest BCUT2D eigenvalue weighted by atomic mass is 10.3. The van der Waals surface area contributed by atoms with Crippen LogP contribution in [0.2, 0.25) is 0 Å². The summed E-state index contributed by atoms with van der Waals surface area (Å²) < 4.78 is 39.8. The van der Waals surface area contributed by atoms with Crippen molar-refractivity contribution in [1.29, 1.82) is 0 Å². The van der Waals surface area contributed by atoms with Gasteiger partial charge in [-0.3, -0.25) is 4.79 Å². The fourth-order valence-corrected chi connectivity index (χ4v) is 1.64. The molecule has 0 aromatic heterocycles. The summed E-state index contributed by atoms with van der Waals surface area (Å²) in [6, 6.07) is 5.38. The monoisotopic (exact) mass is 244 g/mol. The highest BCUT2D eigenvalue weighted by molar-refractivity contribution is 6.01. The highest BCUT2D eigenvalue weighted by atomic mass is 19.4. The molecule has 0 unspecified atom stereocenters. The number of carbonyl (C=O) groups is 1. The quantitative estimate of drug-likeness (QED) is 0.800. The van der Waals surface area contributed by atoms with E-state index in [0.717, 1.165) is 0 Å². The summed E-state index contributed by atoms with van der Waals surface area (Å²) in [5.74, 6) is -0.524. The number of benzene rings is 1. The Morgan fingerprint density at radius 3 is 2.65 bits per heavy atom. The first kappa shape index (κ1) is 11.8. The minimum atomic E-state index is -4.72. The number of rotatable bonds is 2. The first-order chi connectivity index (χ1) is 7.96. The molecule has 0 bridgehead atoms. The summed E-state index contributed by atoms with van der Waals surface area (Å²) in [4.78, 5) is 12.8. The molecular weight excluding hydrogens is 235 g/mol. The molecule has 3 nitrogen and oxygen atoms in total. The van der Waals surface area contributed by atoms with Crippen LogP contribution in [0.3, 0.4) is 0 Å². The molecule has 17 heavy (non-hydrogen) atoms. The van der Waals surface area contributed by atoms with Gasteiger partial charge in [0.05, 0.1) is 6.42 Å². The Hall–Kier alpha value is -1.72. The molecule has 6 heteroatoms. The van der Waals surface area contributed by atoms with Crippen molar-refractivity contribution in [1.82, 2.24) is 0 Å². The van der Waals surface area contributed by atoms with E-state index in [4.69, 9.17) is 0 Å². The number of hydrogen-bond acceptors (Lipinski definition) is 2. The molecule has 1 aromatic carbocycles. The molecule has 1 heterocycles. The predicted octanol–water partition coefficient (Wildman–Crippen LogP) is 2.53. The summed E-state index contributed by atoms with van der Waals surface area (Å²) >= 11 is 0. The van der Waals surface area contributed by atoms with Gasteiger partial charge in [-0.2, -0.15) is 0 Å². The lowest BCUT2D eigenvalue weighted by Crippen LogP contribution is -2.24. The largest absolute Gasteiger partial charge is 0.573 e. The summed E-state index contributed by atoms with van der Waals surface area (Å²) in [5.41, 5.74) is 0.408. The molecule has 0 N–H and O–H groups in total. The van der Waals surface area contributed by atoms with Crippen molar-refractivity contribution < 1.29 is 22.7 Å². The molecule has 1 saturated heterocycles. The van der Waals surface area contributed by atoms with Gasteiger partial charge in [-0.05, 0) is 18.6 Å². The standard InChI is InChI=1S/C11H9F3NO2/c12-11(13,14)17-9-4-1-3-8(7-9)15-6-2-5-10(15)16/h1,3-5,7H,2,6H2. The van der Waals surface area contributed by atoms with Crippen LogP contribution in [0.15, 0.2) is 24.3 Å². The molecule has 1 aromatic rings. The number of ether oxygens (including phenoxy) is 1. The highest BCUT2D eigenvalue weighted by Gasteiger charge is 2.31. The Morgan fingerprint density at radius 2 is 2.06 bits per heavy atom. The normalized spacial score (nSPS) is 16.4. The number of carbonyl (C=O) groups excluding carboxylic acids is 1. The second-order valence-electron chi connectivity index (χ2n) is 3.53. The van der Waals surface area contributed by atoms with Crippen molar-refractivity contribution in [3.05, 3.63) is 30.7 Å². The van der Waals surface area contributed by atoms with E-state index in [1.807, 2.05) is 0 Å². The number of hydrogen-bond donors (Lipinski definition) is 0. The molecule has 1 fully saturated rings. The molecule has 2 rings (SSSR count). The minimum Gasteiger partial charge on any atom is -0.406 e. The zero-order valence-electron chi connectivity index (χ0n) is 8.70. The van der Waals surface area contributed by atoms with Crippen molar-refractivity contribution in [3.8, 4) is 5.75 Å². The van der Waals surface area contributed by atoms with Gasteiger partial charge in [0.1, 0.15) is 5.75 Å². The second kappa shape index (κ2) is 4.27. The third kappa shape index (κ3) is 2.89. The van der Waals surface area contributed by atoms with Gasteiger partial charge in [0.15, 0.2) is 0 Å². The van der Waals surface area contributed by atoms with Crippen LogP contribution < -0.4 is 9.64 Å². The molecule has 1 aliphatic heterocycles. The van der Waals surface area contributed by atoms with E-state index in [2.05, 4.69) is 4.74 Å². The number of anilines is 1. The van der Waals surface area contributed by atoms with Crippen LogP contribution in [0.1, 0.15) is 6.42 Å². The van der Waals surface area contributed by atoms with E-state index in [9.17, 15) is 18.0 Å². The van der Waals surface area contributed by atoms with Gasteiger partial charge in [-0.15, -0.1) is 13.2 Å². The molecule has 0 spiro atoms. The smallest absolute Gasteiger partial charge is 0.406 e. The number of halogens is 3. The predicted molar refractivity (Wildman–Crippen MR) is 54.4 cm³/mol. The van der Waals surface area contributed by atoms with Crippen LogP contribution >= 0.6 is 0 Å². The Balaban J connectivity index is 2.19.